The van der Waals surface area contributed by atoms with Crippen molar-refractivity contribution < 1.29 is 13.2 Å². The van der Waals surface area contributed by atoms with E-state index >= 15 is 0 Å². The molecule has 0 atom stereocenters. The van der Waals surface area contributed by atoms with Gasteiger partial charge in [-0.3, -0.25) is 0 Å². The third-order valence-corrected chi connectivity index (χ3v) is 2.93. The van der Waals surface area contributed by atoms with Gasteiger partial charge in [-0.1, -0.05) is 18.2 Å². The van der Waals surface area contributed by atoms with E-state index in [4.69, 9.17) is 4.43 Å². The van der Waals surface area contributed by atoms with Gasteiger partial charge in [0.1, 0.15) is 11.6 Å². The van der Waals surface area contributed by atoms with E-state index in [1.165, 1.54) is 24.3 Å². The Labute approximate surface area is 95.9 Å². The number of halogens is 2. The minimum Gasteiger partial charge on any atom is -0.414 e. The van der Waals surface area contributed by atoms with Gasteiger partial charge in [0.25, 0.3) is 0 Å². The van der Waals surface area contributed by atoms with Gasteiger partial charge in [-0.2, -0.15) is 0 Å². The van der Waals surface area contributed by atoms with E-state index in [0.717, 1.165) is 0 Å². The maximum absolute atomic E-state index is 13.2. The molecule has 1 rings (SSSR count). The summed E-state index contributed by atoms with van der Waals surface area (Å²) in [4.78, 5) is 0. The van der Waals surface area contributed by atoms with Crippen LogP contribution in [0.3, 0.4) is 0 Å². The van der Waals surface area contributed by atoms with Crippen LogP contribution in [0.1, 0.15) is 5.56 Å². The van der Waals surface area contributed by atoms with Gasteiger partial charge in [0.2, 0.25) is 0 Å². The Morgan fingerprint density at radius 1 is 1.19 bits per heavy atom. The molecule has 16 heavy (non-hydrogen) atoms. The summed E-state index contributed by atoms with van der Waals surface area (Å²) >= 11 is 0. The summed E-state index contributed by atoms with van der Waals surface area (Å²) in [6.07, 6.45) is 3.06. The zero-order valence-corrected chi connectivity index (χ0v) is 10.8. The van der Waals surface area contributed by atoms with Crippen LogP contribution in [0.2, 0.25) is 19.6 Å². The SMILES string of the molecule is C[Si](C)(C)OC/C=C/c1c(F)cccc1F. The van der Waals surface area contributed by atoms with Gasteiger partial charge in [-0.15, -0.1) is 0 Å². The minimum absolute atomic E-state index is 0.0123. The highest BCUT2D eigenvalue weighted by atomic mass is 28.4. The molecule has 4 heteroatoms. The predicted molar refractivity (Wildman–Crippen MR) is 64.7 cm³/mol. The molecular weight excluding hydrogens is 226 g/mol. The van der Waals surface area contributed by atoms with Crippen LogP contribution in [0.5, 0.6) is 0 Å². The van der Waals surface area contributed by atoms with Gasteiger partial charge in [-0.05, 0) is 31.8 Å². The Kier molecular flexibility index (Phi) is 4.38. The lowest BCUT2D eigenvalue weighted by molar-refractivity contribution is 0.358. The van der Waals surface area contributed by atoms with Crippen molar-refractivity contribution in [1.29, 1.82) is 0 Å². The molecule has 0 unspecified atom stereocenters. The van der Waals surface area contributed by atoms with Crippen molar-refractivity contribution in [3.63, 3.8) is 0 Å². The molecule has 0 N–H and O–H groups in total. The summed E-state index contributed by atoms with van der Waals surface area (Å²) < 4.78 is 31.9. The molecule has 0 aliphatic heterocycles. The van der Waals surface area contributed by atoms with Gasteiger partial charge >= 0.3 is 0 Å². The largest absolute Gasteiger partial charge is 0.414 e. The molecule has 0 saturated heterocycles. The van der Waals surface area contributed by atoms with Crippen molar-refractivity contribution in [3.8, 4) is 0 Å². The van der Waals surface area contributed by atoms with E-state index < -0.39 is 20.0 Å². The number of benzene rings is 1. The van der Waals surface area contributed by atoms with Crippen LogP contribution in [0.15, 0.2) is 24.3 Å². The molecule has 0 heterocycles. The molecule has 0 spiro atoms. The minimum atomic E-state index is -1.56. The van der Waals surface area contributed by atoms with Crippen LogP contribution < -0.4 is 0 Å². The molecule has 0 fully saturated rings. The summed E-state index contributed by atoms with van der Waals surface area (Å²) in [5.41, 5.74) is -0.0123. The van der Waals surface area contributed by atoms with E-state index in [2.05, 4.69) is 19.6 Å². The first kappa shape index (κ1) is 13.1. The molecule has 1 aromatic rings. The van der Waals surface area contributed by atoms with Gasteiger partial charge in [0.15, 0.2) is 8.32 Å². The normalized spacial score (nSPS) is 12.3. The second-order valence-corrected chi connectivity index (χ2v) is 8.97. The highest BCUT2D eigenvalue weighted by Crippen LogP contribution is 2.13. The van der Waals surface area contributed by atoms with Crippen molar-refractivity contribution in [1.82, 2.24) is 0 Å². The van der Waals surface area contributed by atoms with E-state index in [1.807, 2.05) is 0 Å². The molecule has 1 aromatic carbocycles. The Hall–Kier alpha value is -1.00. The van der Waals surface area contributed by atoms with Gasteiger partial charge in [0.05, 0.1) is 6.61 Å². The Balaban J connectivity index is 2.63. The van der Waals surface area contributed by atoms with Crippen molar-refractivity contribution in [2.75, 3.05) is 6.61 Å². The standard InChI is InChI=1S/C12H16F2OSi/c1-16(2,3)15-9-5-6-10-11(13)7-4-8-12(10)14/h4-8H,9H2,1-3H3/b6-5+. The molecule has 0 aliphatic carbocycles. The summed E-state index contributed by atoms with van der Waals surface area (Å²) in [7, 11) is -1.56. The van der Waals surface area contributed by atoms with E-state index in [9.17, 15) is 8.78 Å². The fraction of sp³-hybridized carbons (Fsp3) is 0.333. The van der Waals surface area contributed by atoms with Crippen molar-refractivity contribution in [2.45, 2.75) is 19.6 Å². The van der Waals surface area contributed by atoms with E-state index in [0.29, 0.717) is 6.61 Å². The number of hydrogen-bond donors (Lipinski definition) is 0. The topological polar surface area (TPSA) is 9.23 Å². The predicted octanol–water partition coefficient (Wildman–Crippen LogP) is 3.83. The molecular formula is C12H16F2OSi. The maximum atomic E-state index is 13.2. The maximum Gasteiger partial charge on any atom is 0.184 e. The van der Waals surface area contributed by atoms with Crippen LogP contribution in [0.25, 0.3) is 6.08 Å². The highest BCUT2D eigenvalue weighted by molar-refractivity contribution is 6.69. The fourth-order valence-corrected chi connectivity index (χ4v) is 1.73. The molecule has 0 bridgehead atoms. The Morgan fingerprint density at radius 2 is 1.75 bits per heavy atom. The lowest BCUT2D eigenvalue weighted by atomic mass is 10.2. The molecule has 0 aromatic heterocycles. The average molecular weight is 242 g/mol. The molecule has 1 nitrogen and oxygen atoms in total. The zero-order valence-electron chi connectivity index (χ0n) is 9.76. The monoisotopic (exact) mass is 242 g/mol. The molecule has 0 amide bonds. The first-order valence-electron chi connectivity index (χ1n) is 5.15. The van der Waals surface area contributed by atoms with E-state index in [1.54, 1.807) is 6.08 Å². The molecule has 0 radical (unpaired) electrons. The number of rotatable bonds is 4. The third kappa shape index (κ3) is 4.24. The van der Waals surface area contributed by atoms with Gasteiger partial charge < -0.3 is 4.43 Å². The molecule has 0 saturated carbocycles. The van der Waals surface area contributed by atoms with Crippen LogP contribution in [0, 0.1) is 11.6 Å². The third-order valence-electron chi connectivity index (χ3n) is 1.90. The van der Waals surface area contributed by atoms with Crippen molar-refractivity contribution in [2.24, 2.45) is 0 Å². The second-order valence-electron chi connectivity index (χ2n) is 4.46. The highest BCUT2D eigenvalue weighted by Gasteiger charge is 2.12. The molecule has 0 aliphatic rings. The van der Waals surface area contributed by atoms with Crippen molar-refractivity contribution in [3.05, 3.63) is 41.5 Å². The lowest BCUT2D eigenvalue weighted by Crippen LogP contribution is -2.25. The van der Waals surface area contributed by atoms with Crippen LogP contribution in [-0.2, 0) is 4.43 Å². The van der Waals surface area contributed by atoms with Crippen LogP contribution in [-0.4, -0.2) is 14.9 Å². The van der Waals surface area contributed by atoms with Crippen molar-refractivity contribution >= 4 is 14.4 Å². The van der Waals surface area contributed by atoms with Crippen LogP contribution >= 0.6 is 0 Å². The summed E-state index contributed by atoms with van der Waals surface area (Å²) in [5, 5.41) is 0. The summed E-state index contributed by atoms with van der Waals surface area (Å²) in [6.45, 7) is 6.57. The van der Waals surface area contributed by atoms with Crippen LogP contribution in [0.4, 0.5) is 8.78 Å². The molecule has 88 valence electrons. The average Bonchev–Trinajstić information content (AvgIpc) is 2.14. The summed E-state index contributed by atoms with van der Waals surface area (Å²) in [5.74, 6) is -1.10. The lowest BCUT2D eigenvalue weighted by Gasteiger charge is -2.14. The number of hydrogen-bond acceptors (Lipinski definition) is 1. The fourth-order valence-electron chi connectivity index (χ4n) is 1.13. The quantitative estimate of drug-likeness (QED) is 0.729. The Morgan fingerprint density at radius 3 is 2.25 bits per heavy atom. The first-order chi connectivity index (χ1) is 7.40. The summed E-state index contributed by atoms with van der Waals surface area (Å²) in [6, 6.07) is 3.82. The second kappa shape index (κ2) is 5.36. The van der Waals surface area contributed by atoms with Gasteiger partial charge in [-0.25, -0.2) is 8.78 Å². The van der Waals surface area contributed by atoms with Gasteiger partial charge in [0, 0.05) is 5.56 Å². The Bertz CT molecular complexity index is 363. The van der Waals surface area contributed by atoms with E-state index in [-0.39, 0.29) is 5.56 Å². The zero-order chi connectivity index (χ0) is 12.2. The first-order valence-corrected chi connectivity index (χ1v) is 8.55. The smallest absolute Gasteiger partial charge is 0.184 e.